The summed E-state index contributed by atoms with van der Waals surface area (Å²) in [5, 5.41) is 9.36. The fraction of sp³-hybridized carbons (Fsp3) is 0.511. The summed E-state index contributed by atoms with van der Waals surface area (Å²) in [6.45, 7) is 11.8. The van der Waals surface area contributed by atoms with Crippen LogP contribution in [-0.2, 0) is 25.7 Å². The average molecular weight is 909 g/mol. The van der Waals surface area contributed by atoms with Gasteiger partial charge in [0.05, 0.1) is 23.9 Å². The van der Waals surface area contributed by atoms with Gasteiger partial charge in [0.25, 0.3) is 17.4 Å². The number of likely N-dealkylation sites (N-methyl/N-ethyl adjacent to an activating group) is 1. The number of rotatable bonds is 12. The van der Waals surface area contributed by atoms with Crippen molar-refractivity contribution in [3.63, 3.8) is 0 Å². The summed E-state index contributed by atoms with van der Waals surface area (Å²) < 4.78 is 14.0. The molecule has 17 nitrogen and oxygen atoms in total. The van der Waals surface area contributed by atoms with Crippen LogP contribution >= 0.6 is 11.6 Å². The number of halogens is 1. The number of pyridine rings is 1. The molecule has 2 aromatic heterocycles. The van der Waals surface area contributed by atoms with Crippen LogP contribution < -0.4 is 36.0 Å². The Morgan fingerprint density at radius 3 is 2.42 bits per heavy atom. The number of piperazine rings is 1. The number of anilines is 4. The number of piperidine rings is 2. The van der Waals surface area contributed by atoms with Crippen molar-refractivity contribution in [2.24, 2.45) is 0 Å². The second kappa shape index (κ2) is 18.2. The van der Waals surface area contributed by atoms with Crippen LogP contribution in [0, 0.1) is 0 Å². The number of fused-ring (bicyclic) bond motifs is 2. The number of aromatic nitrogens is 3. The van der Waals surface area contributed by atoms with Gasteiger partial charge in [-0.15, -0.1) is 0 Å². The first-order valence-corrected chi connectivity index (χ1v) is 23.1. The van der Waals surface area contributed by atoms with Crippen LogP contribution in [0.15, 0.2) is 53.5 Å². The van der Waals surface area contributed by atoms with Crippen LogP contribution in [0.4, 0.5) is 23.1 Å². The van der Waals surface area contributed by atoms with Crippen LogP contribution in [0.3, 0.4) is 0 Å². The molecule has 5 aliphatic rings. The van der Waals surface area contributed by atoms with Crippen molar-refractivity contribution in [2.75, 3.05) is 55.0 Å². The molecule has 1 saturated carbocycles. The Balaban J connectivity index is 0.761. The third-order valence-electron chi connectivity index (χ3n) is 13.6. The molecule has 6 heterocycles. The molecule has 3 saturated heterocycles. The maximum atomic E-state index is 13.3. The van der Waals surface area contributed by atoms with Gasteiger partial charge in [-0.2, -0.15) is 4.98 Å². The number of imide groups is 1. The third-order valence-corrected chi connectivity index (χ3v) is 13.9. The van der Waals surface area contributed by atoms with E-state index in [-0.39, 0.29) is 60.3 Å². The van der Waals surface area contributed by atoms with E-state index in [1.807, 2.05) is 44.2 Å². The lowest BCUT2D eigenvalue weighted by atomic mass is 9.84. The maximum Gasteiger partial charge on any atom is 0.293 e. The first-order chi connectivity index (χ1) is 31.2. The SMILES string of the molecule is CNC(=O)COc1cc2cc(Nc3nc(N4CCC(O[C@H]5C[C@H](N6[C@@H](C)CN(c7ccc8c(c7)CN(C7CCC(=O)NC7=O)C8=O)C[C@@H]6C)C5)CC4)ncc3Cl)ccc2n(C(C)C)c1=O. The zero-order valence-electron chi connectivity index (χ0n) is 37.5. The molecule has 3 atom stereocenters. The number of ether oxygens (including phenoxy) is 2. The standard InChI is InChI=1S/C47H57ClN10O7/c1-26(2)57-38-9-6-31(16-29(38)18-40(46(57)63)64-25-42(60)49-5)51-43-37(48)21-50-47(53-43)54-14-12-34(13-15-54)65-35-19-33(20-35)58-27(3)22-55(23-28(58)4)32-7-8-36-30(17-32)24-56(45(36)62)39-10-11-41(59)52-44(39)61/h6-9,16-18,21,26-28,33-35,39H,10-15,19-20,22-25H2,1-5H3,(H,49,60)(H,50,51,53)(H,52,59,61)/t27-,28-,33-,35-,39?/m0/s1. The van der Waals surface area contributed by atoms with Crippen LogP contribution in [0.2, 0.25) is 5.02 Å². The molecule has 0 bridgehead atoms. The van der Waals surface area contributed by atoms with Gasteiger partial charge in [0.15, 0.2) is 18.2 Å². The highest BCUT2D eigenvalue weighted by atomic mass is 35.5. The molecule has 2 aromatic carbocycles. The van der Waals surface area contributed by atoms with Crippen molar-refractivity contribution in [1.29, 1.82) is 0 Å². The minimum absolute atomic E-state index is 0.0932. The number of nitrogens with zero attached hydrogens (tertiary/aromatic N) is 7. The highest BCUT2D eigenvalue weighted by molar-refractivity contribution is 6.33. The molecule has 65 heavy (non-hydrogen) atoms. The van der Waals surface area contributed by atoms with Gasteiger partial charge in [-0.1, -0.05) is 11.6 Å². The zero-order chi connectivity index (χ0) is 45.7. The normalized spacial score (nSPS) is 24.0. The monoisotopic (exact) mass is 908 g/mol. The van der Waals surface area contributed by atoms with Crippen molar-refractivity contribution in [2.45, 2.75) is 115 Å². The number of amides is 4. The van der Waals surface area contributed by atoms with E-state index in [1.165, 1.54) is 7.05 Å². The van der Waals surface area contributed by atoms with E-state index in [0.29, 0.717) is 59.1 Å². The molecule has 4 fully saturated rings. The Morgan fingerprint density at radius 2 is 1.71 bits per heavy atom. The molecular formula is C47H57ClN10O7. The third kappa shape index (κ3) is 8.97. The van der Waals surface area contributed by atoms with Gasteiger partial charge in [0, 0.05) is 92.7 Å². The summed E-state index contributed by atoms with van der Waals surface area (Å²) in [6.07, 6.45) is 6.35. The van der Waals surface area contributed by atoms with E-state index in [2.05, 4.69) is 55.5 Å². The highest BCUT2D eigenvalue weighted by Gasteiger charge is 2.43. The topological polar surface area (TPSA) is 184 Å². The minimum atomic E-state index is -0.620. The van der Waals surface area contributed by atoms with E-state index in [4.69, 9.17) is 26.1 Å². The molecular weight excluding hydrogens is 852 g/mol. The summed E-state index contributed by atoms with van der Waals surface area (Å²) in [5.41, 5.74) is 3.79. The van der Waals surface area contributed by atoms with Crippen molar-refractivity contribution in [3.8, 4) is 5.75 Å². The molecule has 18 heteroatoms. The summed E-state index contributed by atoms with van der Waals surface area (Å²) in [5.74, 6) is -0.0152. The van der Waals surface area contributed by atoms with Gasteiger partial charge in [0.1, 0.15) is 11.1 Å². The minimum Gasteiger partial charge on any atom is -0.478 e. The number of carbonyl (C=O) groups excluding carboxylic acids is 4. The van der Waals surface area contributed by atoms with Crippen LogP contribution in [-0.4, -0.2) is 124 Å². The van der Waals surface area contributed by atoms with Gasteiger partial charge >= 0.3 is 0 Å². The summed E-state index contributed by atoms with van der Waals surface area (Å²) >= 11 is 6.62. The number of carbonyl (C=O) groups is 4. The Morgan fingerprint density at radius 1 is 0.954 bits per heavy atom. The first-order valence-electron chi connectivity index (χ1n) is 22.8. The van der Waals surface area contributed by atoms with Crippen LogP contribution in [0.1, 0.15) is 88.2 Å². The Bertz CT molecular complexity index is 2560. The van der Waals surface area contributed by atoms with E-state index in [0.717, 1.165) is 74.0 Å². The number of hydrogen-bond acceptors (Lipinski definition) is 13. The Hall–Kier alpha value is -5.78. The van der Waals surface area contributed by atoms with Gasteiger partial charge < -0.3 is 39.4 Å². The smallest absolute Gasteiger partial charge is 0.293 e. The lowest BCUT2D eigenvalue weighted by molar-refractivity contribution is -0.137. The Labute approximate surface area is 382 Å². The molecule has 1 unspecified atom stereocenters. The molecule has 1 aliphatic carbocycles. The van der Waals surface area contributed by atoms with Crippen molar-refractivity contribution in [3.05, 3.63) is 75.2 Å². The molecule has 0 radical (unpaired) electrons. The molecule has 4 amide bonds. The van der Waals surface area contributed by atoms with Crippen LogP contribution in [0.5, 0.6) is 5.75 Å². The average Bonchev–Trinajstić information content (AvgIpc) is 3.59. The van der Waals surface area contributed by atoms with Gasteiger partial charge in [-0.3, -0.25) is 34.2 Å². The van der Waals surface area contributed by atoms with Gasteiger partial charge in [-0.25, -0.2) is 4.98 Å². The quantitative estimate of drug-likeness (QED) is 0.166. The summed E-state index contributed by atoms with van der Waals surface area (Å²) in [4.78, 5) is 80.9. The van der Waals surface area contributed by atoms with Crippen molar-refractivity contribution in [1.82, 2.24) is 35.0 Å². The predicted octanol–water partition coefficient (Wildman–Crippen LogP) is 4.77. The predicted molar refractivity (Wildman–Crippen MR) is 247 cm³/mol. The van der Waals surface area contributed by atoms with Crippen molar-refractivity contribution >= 4 is 69.3 Å². The number of nitrogens with one attached hydrogen (secondary N) is 3. The van der Waals surface area contributed by atoms with E-state index in [1.54, 1.807) is 21.7 Å². The second-order valence-corrected chi connectivity index (χ2v) is 18.8. The molecule has 4 aromatic rings. The molecule has 0 spiro atoms. The van der Waals surface area contributed by atoms with E-state index >= 15 is 0 Å². The zero-order valence-corrected chi connectivity index (χ0v) is 38.3. The second-order valence-electron chi connectivity index (χ2n) is 18.4. The summed E-state index contributed by atoms with van der Waals surface area (Å²) in [6, 6.07) is 13.7. The van der Waals surface area contributed by atoms with E-state index in [9.17, 15) is 24.0 Å². The largest absolute Gasteiger partial charge is 0.478 e. The van der Waals surface area contributed by atoms with Crippen LogP contribution in [0.25, 0.3) is 10.9 Å². The number of benzene rings is 2. The van der Waals surface area contributed by atoms with Gasteiger partial charge in [0.2, 0.25) is 17.8 Å². The van der Waals surface area contributed by atoms with Gasteiger partial charge in [-0.05, 0) is 108 Å². The molecule has 9 rings (SSSR count). The van der Waals surface area contributed by atoms with Crippen molar-refractivity contribution < 1.29 is 28.7 Å². The lowest BCUT2D eigenvalue weighted by Crippen LogP contribution is -2.63. The van der Waals surface area contributed by atoms with E-state index < -0.39 is 11.9 Å². The first kappa shape index (κ1) is 44.4. The fourth-order valence-electron chi connectivity index (χ4n) is 10.3. The summed E-state index contributed by atoms with van der Waals surface area (Å²) in [7, 11) is 1.52. The lowest BCUT2D eigenvalue weighted by Gasteiger charge is -2.53. The molecule has 344 valence electrons. The molecule has 4 aliphatic heterocycles. The maximum absolute atomic E-state index is 13.3. The number of hydrogen-bond donors (Lipinski definition) is 3. The Kier molecular flexibility index (Phi) is 12.5. The molecule has 3 N–H and O–H groups in total. The highest BCUT2D eigenvalue weighted by Crippen LogP contribution is 2.38. The fourth-order valence-corrected chi connectivity index (χ4v) is 10.5.